The summed E-state index contributed by atoms with van der Waals surface area (Å²) in [6.07, 6.45) is 2.58. The molecular formula is C33H34ClNO2. The van der Waals surface area contributed by atoms with E-state index in [-0.39, 0.29) is 18.4 Å². The van der Waals surface area contributed by atoms with Gasteiger partial charge in [-0.25, -0.2) is 4.79 Å². The summed E-state index contributed by atoms with van der Waals surface area (Å²) >= 11 is 0. The molecule has 0 N–H and O–H groups in total. The zero-order chi connectivity index (χ0) is 24.8. The number of likely N-dealkylation sites (tertiary alicyclic amines) is 1. The minimum atomic E-state index is -0.648. The summed E-state index contributed by atoms with van der Waals surface area (Å²) < 4.78 is 6.47. The van der Waals surface area contributed by atoms with E-state index in [9.17, 15) is 4.79 Å². The van der Waals surface area contributed by atoms with Crippen LogP contribution in [-0.4, -0.2) is 30.5 Å². The van der Waals surface area contributed by atoms with Gasteiger partial charge in [0.1, 0.15) is 5.60 Å². The van der Waals surface area contributed by atoms with Gasteiger partial charge in [-0.2, -0.15) is 0 Å². The third-order valence-electron chi connectivity index (χ3n) is 7.43. The van der Waals surface area contributed by atoms with Gasteiger partial charge in [-0.3, -0.25) is 0 Å². The largest absolute Gasteiger partial charge is 0.450 e. The molecule has 3 nitrogen and oxygen atoms in total. The number of esters is 1. The Morgan fingerprint density at radius 1 is 0.784 bits per heavy atom. The number of hydrogen-bond donors (Lipinski definition) is 0. The van der Waals surface area contributed by atoms with Crippen molar-refractivity contribution >= 4 is 18.4 Å². The van der Waals surface area contributed by atoms with E-state index >= 15 is 0 Å². The second-order valence-corrected chi connectivity index (χ2v) is 9.67. The van der Waals surface area contributed by atoms with Gasteiger partial charge in [0, 0.05) is 32.5 Å². The predicted octanol–water partition coefficient (Wildman–Crippen LogP) is 7.47. The molecule has 4 aromatic rings. The SMILES string of the molecule is Cc1c(-c2ccccc2)cccc1C1(OC(=O)c2ccccc2)CCN(CCc2ccccc2)CC1.Cl. The first kappa shape index (κ1) is 26.7. The summed E-state index contributed by atoms with van der Waals surface area (Å²) in [7, 11) is 0. The standard InChI is InChI=1S/C33H33NO2.ClH/c1-26-30(28-14-7-3-8-15-28)18-11-19-31(26)33(36-32(35)29-16-9-4-10-17-29)21-24-34(25-22-33)23-20-27-12-5-2-6-13-27;/h2-19H,20-25H2,1H3;1H. The average molecular weight is 512 g/mol. The Morgan fingerprint density at radius 3 is 2.03 bits per heavy atom. The second-order valence-electron chi connectivity index (χ2n) is 9.67. The number of carbonyl (C=O) groups is 1. The molecule has 1 fully saturated rings. The highest BCUT2D eigenvalue weighted by Gasteiger charge is 2.41. The Bertz CT molecular complexity index is 1280. The van der Waals surface area contributed by atoms with Gasteiger partial charge in [0.25, 0.3) is 0 Å². The fraction of sp³-hybridized carbons (Fsp3) is 0.242. The summed E-state index contributed by atoms with van der Waals surface area (Å²) in [4.78, 5) is 15.8. The van der Waals surface area contributed by atoms with Crippen LogP contribution in [0.2, 0.25) is 0 Å². The molecule has 4 aromatic carbocycles. The number of hydrogen-bond acceptors (Lipinski definition) is 3. The summed E-state index contributed by atoms with van der Waals surface area (Å²) in [5.74, 6) is -0.252. The Kier molecular flexibility index (Phi) is 8.81. The van der Waals surface area contributed by atoms with Crippen LogP contribution in [-0.2, 0) is 16.8 Å². The number of rotatable bonds is 7. The van der Waals surface area contributed by atoms with Crippen molar-refractivity contribution in [3.63, 3.8) is 0 Å². The molecule has 1 heterocycles. The van der Waals surface area contributed by atoms with Gasteiger partial charge in [-0.05, 0) is 53.3 Å². The third-order valence-corrected chi connectivity index (χ3v) is 7.43. The number of benzene rings is 4. The third kappa shape index (κ3) is 6.12. The van der Waals surface area contributed by atoms with Crippen molar-refractivity contribution in [1.82, 2.24) is 4.90 Å². The molecule has 0 aromatic heterocycles. The molecule has 0 unspecified atom stereocenters. The highest BCUT2D eigenvalue weighted by Crippen LogP contribution is 2.41. The van der Waals surface area contributed by atoms with Crippen molar-refractivity contribution in [2.45, 2.75) is 31.8 Å². The smallest absolute Gasteiger partial charge is 0.339 e. The predicted molar refractivity (Wildman–Crippen MR) is 153 cm³/mol. The van der Waals surface area contributed by atoms with E-state index < -0.39 is 5.60 Å². The molecule has 0 atom stereocenters. The lowest BCUT2D eigenvalue weighted by atomic mass is 9.79. The summed E-state index contributed by atoms with van der Waals surface area (Å²) in [6, 6.07) is 36.9. The van der Waals surface area contributed by atoms with Crippen molar-refractivity contribution in [2.75, 3.05) is 19.6 Å². The molecule has 1 aliphatic heterocycles. The number of halogens is 1. The van der Waals surface area contributed by atoms with E-state index in [1.54, 1.807) is 0 Å². The van der Waals surface area contributed by atoms with E-state index in [4.69, 9.17) is 4.74 Å². The van der Waals surface area contributed by atoms with Crippen LogP contribution in [0.4, 0.5) is 0 Å². The van der Waals surface area contributed by atoms with Crippen LogP contribution in [0.25, 0.3) is 11.1 Å². The molecule has 0 bridgehead atoms. The molecule has 0 amide bonds. The van der Waals surface area contributed by atoms with Crippen LogP contribution in [0.1, 0.15) is 39.9 Å². The van der Waals surface area contributed by atoms with Crippen molar-refractivity contribution in [1.29, 1.82) is 0 Å². The van der Waals surface area contributed by atoms with Crippen LogP contribution in [0.15, 0.2) is 109 Å². The van der Waals surface area contributed by atoms with E-state index in [2.05, 4.69) is 84.6 Å². The molecule has 1 saturated heterocycles. The fourth-order valence-electron chi connectivity index (χ4n) is 5.37. The highest BCUT2D eigenvalue weighted by molar-refractivity contribution is 5.89. The molecule has 0 spiro atoms. The van der Waals surface area contributed by atoms with Gasteiger partial charge >= 0.3 is 5.97 Å². The topological polar surface area (TPSA) is 29.5 Å². The second kappa shape index (κ2) is 12.2. The Morgan fingerprint density at radius 2 is 1.38 bits per heavy atom. The maximum absolute atomic E-state index is 13.3. The van der Waals surface area contributed by atoms with Crippen molar-refractivity contribution < 1.29 is 9.53 Å². The first-order valence-electron chi connectivity index (χ1n) is 12.8. The Balaban J connectivity index is 0.00000320. The van der Waals surface area contributed by atoms with Gasteiger partial charge in [0.15, 0.2) is 0 Å². The molecule has 1 aliphatic rings. The zero-order valence-corrected chi connectivity index (χ0v) is 22.1. The fourth-order valence-corrected chi connectivity index (χ4v) is 5.37. The molecular weight excluding hydrogens is 478 g/mol. The van der Waals surface area contributed by atoms with E-state index in [0.29, 0.717) is 5.56 Å². The first-order valence-corrected chi connectivity index (χ1v) is 12.8. The lowest BCUT2D eigenvalue weighted by Gasteiger charge is -2.42. The van der Waals surface area contributed by atoms with Gasteiger partial charge in [0.2, 0.25) is 0 Å². The van der Waals surface area contributed by atoms with Gasteiger partial charge in [0.05, 0.1) is 5.56 Å². The Hall–Kier alpha value is -3.40. The lowest BCUT2D eigenvalue weighted by molar-refractivity contribution is -0.0556. The normalized spacial score (nSPS) is 14.9. The van der Waals surface area contributed by atoms with Gasteiger partial charge in [-0.1, -0.05) is 97.1 Å². The number of piperidine rings is 1. The number of nitrogens with zero attached hydrogens (tertiary/aromatic N) is 1. The van der Waals surface area contributed by atoms with Crippen molar-refractivity contribution in [3.8, 4) is 11.1 Å². The Labute approximate surface area is 226 Å². The van der Waals surface area contributed by atoms with E-state index in [1.807, 2.05) is 36.4 Å². The van der Waals surface area contributed by atoms with Crippen LogP contribution >= 0.6 is 12.4 Å². The van der Waals surface area contributed by atoms with E-state index in [0.717, 1.165) is 44.5 Å². The highest BCUT2D eigenvalue weighted by atomic mass is 35.5. The molecule has 190 valence electrons. The molecule has 37 heavy (non-hydrogen) atoms. The van der Waals surface area contributed by atoms with Gasteiger partial charge < -0.3 is 9.64 Å². The van der Waals surface area contributed by atoms with Crippen molar-refractivity contribution in [2.24, 2.45) is 0 Å². The maximum Gasteiger partial charge on any atom is 0.339 e. The summed E-state index contributed by atoms with van der Waals surface area (Å²) in [5.41, 5.74) is 5.98. The molecule has 0 saturated carbocycles. The minimum absolute atomic E-state index is 0. The number of carbonyl (C=O) groups excluding carboxylic acids is 1. The summed E-state index contributed by atoms with van der Waals surface area (Å²) in [5, 5.41) is 0. The first-order chi connectivity index (χ1) is 17.6. The molecule has 0 aliphatic carbocycles. The zero-order valence-electron chi connectivity index (χ0n) is 21.3. The van der Waals surface area contributed by atoms with Crippen LogP contribution in [0, 0.1) is 6.92 Å². The molecule has 4 heteroatoms. The van der Waals surface area contributed by atoms with Gasteiger partial charge in [-0.15, -0.1) is 12.4 Å². The molecule has 5 rings (SSSR count). The number of ether oxygens (including phenoxy) is 1. The maximum atomic E-state index is 13.3. The van der Waals surface area contributed by atoms with Crippen LogP contribution in [0.5, 0.6) is 0 Å². The van der Waals surface area contributed by atoms with Crippen molar-refractivity contribution in [3.05, 3.63) is 131 Å². The van der Waals surface area contributed by atoms with E-state index in [1.165, 1.54) is 22.3 Å². The monoisotopic (exact) mass is 511 g/mol. The minimum Gasteiger partial charge on any atom is -0.450 e. The average Bonchev–Trinajstić information content (AvgIpc) is 2.94. The van der Waals surface area contributed by atoms with Crippen LogP contribution < -0.4 is 0 Å². The summed E-state index contributed by atoms with van der Waals surface area (Å²) in [6.45, 7) is 4.96. The lowest BCUT2D eigenvalue weighted by Crippen LogP contribution is -2.46. The van der Waals surface area contributed by atoms with Crippen LogP contribution in [0.3, 0.4) is 0 Å². The quantitative estimate of drug-likeness (QED) is 0.241. The molecule has 0 radical (unpaired) electrons.